The standard InChI is InChI=1S/C32H38F6N6O2.C31H36F6N6O2.2CH4/c1-19-12-20(2)28-26(13-19)27(6-5-11-43(28)17-21-7-9-23(10-8-21)29(45)46-4)44(30-39-41-42(3)40-30)18-22-14-24(31(33,34)35)16-25(15-22)32(36,37)38;1-18-11-19(2)27-25(12-18)26(5-4-10-42(27)16-20-6-8-22(9-7-20)28(44)45)43(29-38-40-41(3)39-29)17-21-13-23(30(32,33)34)15-24(14-21)31(35,36)37;;/h12-16,21,23,27H,5-11,17-18H2,1-4H3;11-15,20,22,26H,4-10,16-17H2,1-3H3,(H,44,45);2*1H4/t21?,23?,27-;20?,22?,26-;;/m00../s1. The number of aromatic nitrogens is 8. The van der Waals surface area contributed by atoms with Gasteiger partial charge in [0.05, 0.1) is 67.4 Å². The topological polar surface area (TPSA) is 164 Å². The summed E-state index contributed by atoms with van der Waals surface area (Å²) in [6, 6.07) is 10.5. The summed E-state index contributed by atoms with van der Waals surface area (Å²) in [5, 5.41) is 34.2. The van der Waals surface area contributed by atoms with E-state index in [4.69, 9.17) is 4.74 Å². The molecule has 0 bridgehead atoms. The van der Waals surface area contributed by atoms with Crippen LogP contribution < -0.4 is 19.6 Å². The second-order valence-electron chi connectivity index (χ2n) is 24.8. The zero-order chi connectivity index (χ0) is 66.1. The van der Waals surface area contributed by atoms with E-state index in [1.165, 1.54) is 23.8 Å². The summed E-state index contributed by atoms with van der Waals surface area (Å²) in [5.41, 5.74) is 1.90. The summed E-state index contributed by atoms with van der Waals surface area (Å²) >= 11 is 0. The van der Waals surface area contributed by atoms with Gasteiger partial charge in [-0.3, -0.25) is 9.59 Å². The predicted octanol–water partition coefficient (Wildman–Crippen LogP) is 15.6. The number of alkyl halides is 12. The van der Waals surface area contributed by atoms with Gasteiger partial charge < -0.3 is 29.4 Å². The van der Waals surface area contributed by atoms with Crippen LogP contribution in [0.15, 0.2) is 60.7 Å². The second kappa shape index (κ2) is 29.3. The van der Waals surface area contributed by atoms with Gasteiger partial charge in [0, 0.05) is 50.6 Å². The fourth-order valence-electron chi connectivity index (χ4n) is 13.9. The number of tetrazole rings is 2. The fourth-order valence-corrected chi connectivity index (χ4v) is 13.9. The van der Waals surface area contributed by atoms with Crippen LogP contribution in [0.4, 0.5) is 76.0 Å². The number of methoxy groups -OCH3 is 1. The maximum atomic E-state index is 13.8. The molecule has 4 aromatic carbocycles. The SMILES string of the molecule is C.C.COC(=O)C1CCC(CN2CCC[C@H](N(Cc3cc(C(F)(F)F)cc(C(F)(F)F)c3)c3nnn(C)n3)c3cc(C)cc(C)c32)CC1.Cc1cc(C)c2c(c1)[C@@H](N(Cc1cc(C(F)(F)F)cc(C(F)(F)F)c1)c1nnn(C)n1)CCCN2CC1CCC(C(=O)O)CC1. The van der Waals surface area contributed by atoms with Crippen LogP contribution in [0.3, 0.4) is 0 Å². The number of hydrogen-bond donors (Lipinski definition) is 1. The van der Waals surface area contributed by atoms with Crippen LogP contribution in [0.2, 0.25) is 0 Å². The van der Waals surface area contributed by atoms with Gasteiger partial charge in [-0.05, 0) is 197 Å². The Balaban J connectivity index is 0.000000258. The normalized spacial score (nSPS) is 20.3. The summed E-state index contributed by atoms with van der Waals surface area (Å²) in [4.78, 5) is 33.9. The number of hydrogen-bond acceptors (Lipinski definition) is 13. The first kappa shape index (κ1) is 72.7. The molecule has 2 aromatic heterocycles. The van der Waals surface area contributed by atoms with Crippen LogP contribution in [0, 0.1) is 51.4 Å². The highest BCUT2D eigenvalue weighted by atomic mass is 19.4. The van der Waals surface area contributed by atoms with Gasteiger partial charge >= 0.3 is 36.6 Å². The average Bonchev–Trinajstić information content (AvgIpc) is 1.75. The summed E-state index contributed by atoms with van der Waals surface area (Å²) in [6.45, 7) is 10.2. The molecule has 4 aliphatic rings. The van der Waals surface area contributed by atoms with Gasteiger partial charge in [-0.1, -0.05) is 60.4 Å². The molecule has 0 radical (unpaired) electrons. The first-order chi connectivity index (χ1) is 42.7. The van der Waals surface area contributed by atoms with Gasteiger partial charge in [-0.15, -0.1) is 10.2 Å². The Labute approximate surface area is 533 Å². The van der Waals surface area contributed by atoms with Crippen molar-refractivity contribution in [2.45, 2.75) is 169 Å². The Morgan fingerprint density at radius 2 is 0.860 bits per heavy atom. The van der Waals surface area contributed by atoms with E-state index in [0.29, 0.717) is 63.5 Å². The van der Waals surface area contributed by atoms with Crippen molar-refractivity contribution in [1.29, 1.82) is 0 Å². The van der Waals surface area contributed by atoms with Crippen LogP contribution in [0.5, 0.6) is 0 Å². The van der Waals surface area contributed by atoms with Crippen molar-refractivity contribution in [1.82, 2.24) is 40.4 Å². The molecule has 510 valence electrons. The highest BCUT2D eigenvalue weighted by molar-refractivity contribution is 5.72. The number of benzene rings is 4. The Hall–Kier alpha value is -7.68. The van der Waals surface area contributed by atoms with E-state index >= 15 is 0 Å². The quantitative estimate of drug-likeness (QED) is 0.0809. The van der Waals surface area contributed by atoms with E-state index in [-0.39, 0.29) is 80.9 Å². The van der Waals surface area contributed by atoms with Gasteiger partial charge in [0.2, 0.25) is 0 Å². The minimum absolute atomic E-state index is 0. The molecular weight excluding hydrogens is 1240 g/mol. The molecule has 0 spiro atoms. The molecule has 93 heavy (non-hydrogen) atoms. The highest BCUT2D eigenvalue weighted by Crippen LogP contribution is 2.47. The molecule has 16 nitrogen and oxygen atoms in total. The Morgan fingerprint density at radius 3 is 1.16 bits per heavy atom. The van der Waals surface area contributed by atoms with Crippen LogP contribution in [-0.4, -0.2) is 90.7 Å². The van der Waals surface area contributed by atoms with Gasteiger partial charge in [0.1, 0.15) is 0 Å². The first-order valence-corrected chi connectivity index (χ1v) is 30.3. The van der Waals surface area contributed by atoms with Gasteiger partial charge in [-0.2, -0.15) is 62.3 Å². The lowest BCUT2D eigenvalue weighted by Crippen LogP contribution is -2.34. The minimum Gasteiger partial charge on any atom is -0.481 e. The van der Waals surface area contributed by atoms with E-state index in [0.717, 1.165) is 121 Å². The molecule has 0 unspecified atom stereocenters. The van der Waals surface area contributed by atoms with Crippen LogP contribution in [0.25, 0.3) is 0 Å². The van der Waals surface area contributed by atoms with Crippen LogP contribution in [-0.2, 0) is 66.2 Å². The third-order valence-electron chi connectivity index (χ3n) is 17.9. The molecule has 10 rings (SSSR count). The number of nitrogens with zero attached hydrogens (tertiary/aromatic N) is 12. The van der Waals surface area contributed by atoms with Crippen molar-refractivity contribution in [3.63, 3.8) is 0 Å². The number of carbonyl (C=O) groups is 2. The molecule has 0 saturated heterocycles. The van der Waals surface area contributed by atoms with Crippen molar-refractivity contribution < 1.29 is 72.1 Å². The smallest absolute Gasteiger partial charge is 0.416 e. The molecule has 0 amide bonds. The molecule has 2 atom stereocenters. The largest absolute Gasteiger partial charge is 0.481 e. The maximum Gasteiger partial charge on any atom is 0.416 e. The lowest BCUT2D eigenvalue weighted by atomic mass is 9.81. The summed E-state index contributed by atoms with van der Waals surface area (Å²) < 4.78 is 170. The maximum absolute atomic E-state index is 13.8. The Bertz CT molecular complexity index is 3470. The number of anilines is 4. The molecule has 2 fully saturated rings. The highest BCUT2D eigenvalue weighted by Gasteiger charge is 2.42. The first-order valence-electron chi connectivity index (χ1n) is 30.3. The number of carboxylic acids is 1. The van der Waals surface area contributed by atoms with Gasteiger partial charge in [0.15, 0.2) is 0 Å². The van der Waals surface area contributed by atoms with E-state index in [2.05, 4.69) is 52.8 Å². The number of carboxylic acid groups (broad SMARTS) is 1. The van der Waals surface area contributed by atoms with E-state index < -0.39 is 65.0 Å². The lowest BCUT2D eigenvalue weighted by molar-refractivity contribution is -0.147. The third-order valence-corrected chi connectivity index (χ3v) is 17.9. The number of aliphatic carboxylic acids is 1. The summed E-state index contributed by atoms with van der Waals surface area (Å²) in [6.07, 6.45) is -11.3. The molecule has 2 aliphatic carbocycles. The molecule has 1 N–H and O–H groups in total. The minimum atomic E-state index is -4.97. The number of ether oxygens (including phenoxy) is 1. The third kappa shape index (κ3) is 17.6. The number of rotatable bonds is 14. The summed E-state index contributed by atoms with van der Waals surface area (Å²) in [5.74, 6) is -0.486. The predicted molar refractivity (Wildman–Crippen MR) is 327 cm³/mol. The van der Waals surface area contributed by atoms with Crippen molar-refractivity contribution in [2.24, 2.45) is 37.8 Å². The average molecular weight is 1320 g/mol. The van der Waals surface area contributed by atoms with E-state index in [9.17, 15) is 67.4 Å². The number of halogens is 12. The number of fused-ring (bicyclic) bond motifs is 2. The lowest BCUT2D eigenvalue weighted by Gasteiger charge is -2.36. The number of esters is 1. The zero-order valence-corrected chi connectivity index (χ0v) is 51.5. The van der Waals surface area contributed by atoms with Crippen LogP contribution >= 0.6 is 0 Å². The molecule has 4 heterocycles. The molecule has 28 heteroatoms. The van der Waals surface area contributed by atoms with Crippen LogP contribution in [0.1, 0.15) is 171 Å². The van der Waals surface area contributed by atoms with Gasteiger partial charge in [-0.25, -0.2) is 0 Å². The van der Waals surface area contributed by atoms with Crippen molar-refractivity contribution >= 4 is 35.2 Å². The van der Waals surface area contributed by atoms with Crippen molar-refractivity contribution in [2.75, 3.05) is 52.9 Å². The summed E-state index contributed by atoms with van der Waals surface area (Å²) in [7, 11) is 4.50. The number of carbonyl (C=O) groups excluding carboxylic acids is 1. The Morgan fingerprint density at radius 1 is 0.516 bits per heavy atom. The molecule has 6 aromatic rings. The van der Waals surface area contributed by atoms with Crippen molar-refractivity contribution in [3.05, 3.63) is 127 Å². The second-order valence-corrected chi connectivity index (χ2v) is 24.8. The Kier molecular flexibility index (Phi) is 22.9. The van der Waals surface area contributed by atoms with E-state index in [1.807, 2.05) is 39.8 Å². The fraction of sp³-hybridized carbons (Fsp3) is 0.569. The van der Waals surface area contributed by atoms with E-state index in [1.54, 1.807) is 16.8 Å². The molecule has 2 aliphatic heterocycles. The molecular formula is C65H82F12N12O4. The molecule has 2 saturated carbocycles. The monoisotopic (exact) mass is 1320 g/mol. The number of aryl methyl sites for hydroxylation is 6. The van der Waals surface area contributed by atoms with Gasteiger partial charge in [0.25, 0.3) is 11.9 Å². The zero-order valence-electron chi connectivity index (χ0n) is 51.5. The van der Waals surface area contributed by atoms with Crippen molar-refractivity contribution in [3.8, 4) is 0 Å².